The molecule has 1 fully saturated rings. The van der Waals surface area contributed by atoms with Gasteiger partial charge in [-0.3, -0.25) is 14.9 Å². The van der Waals surface area contributed by atoms with Crippen LogP contribution >= 0.6 is 15.9 Å². The van der Waals surface area contributed by atoms with Crippen molar-refractivity contribution in [3.05, 3.63) is 99.0 Å². The molecule has 33 heavy (non-hydrogen) atoms. The summed E-state index contributed by atoms with van der Waals surface area (Å²) in [5.74, 6) is -0.773. The second kappa shape index (κ2) is 9.42. The standard InChI is InChI=1S/C26H21BrN2O4/c1-16-8-10-20(12-17(16)2)29-25(31)21(24(30)28-26(29)32)13-19-9-11-23(22(27)14-19)33-15-18-6-4-3-5-7-18/h3-14H,15H2,1-2H3,(H,28,30,32)/b21-13+. The Hall–Kier alpha value is -3.71. The fourth-order valence-electron chi connectivity index (χ4n) is 3.38. The third-order valence-electron chi connectivity index (χ3n) is 5.35. The number of ether oxygens (including phenoxy) is 1. The lowest BCUT2D eigenvalue weighted by molar-refractivity contribution is -0.122. The number of nitrogens with zero attached hydrogens (tertiary/aromatic N) is 1. The first-order chi connectivity index (χ1) is 15.8. The number of halogens is 1. The van der Waals surface area contributed by atoms with Gasteiger partial charge in [0, 0.05) is 0 Å². The molecular formula is C26H21BrN2O4. The van der Waals surface area contributed by atoms with Gasteiger partial charge in [0.05, 0.1) is 10.2 Å². The number of amides is 4. The molecule has 0 atom stereocenters. The predicted molar refractivity (Wildman–Crippen MR) is 130 cm³/mol. The molecule has 1 heterocycles. The molecule has 0 radical (unpaired) electrons. The molecule has 0 aromatic heterocycles. The topological polar surface area (TPSA) is 75.7 Å². The van der Waals surface area contributed by atoms with Gasteiger partial charge < -0.3 is 4.74 Å². The summed E-state index contributed by atoms with van der Waals surface area (Å²) in [6.07, 6.45) is 1.46. The van der Waals surface area contributed by atoms with E-state index in [1.807, 2.05) is 50.2 Å². The molecule has 1 N–H and O–H groups in total. The first kappa shape index (κ1) is 22.5. The van der Waals surface area contributed by atoms with Gasteiger partial charge in [-0.2, -0.15) is 0 Å². The zero-order valence-electron chi connectivity index (χ0n) is 18.1. The SMILES string of the molecule is Cc1ccc(N2C(=O)NC(=O)/C(=C\c3ccc(OCc4ccccc4)c(Br)c3)C2=O)cc1C. The summed E-state index contributed by atoms with van der Waals surface area (Å²) in [6, 6.07) is 19.5. The van der Waals surface area contributed by atoms with Crippen molar-refractivity contribution in [1.82, 2.24) is 5.32 Å². The van der Waals surface area contributed by atoms with Gasteiger partial charge >= 0.3 is 6.03 Å². The number of rotatable bonds is 5. The maximum Gasteiger partial charge on any atom is 0.335 e. The van der Waals surface area contributed by atoms with Crippen molar-refractivity contribution in [3.8, 4) is 5.75 Å². The van der Waals surface area contributed by atoms with E-state index in [1.165, 1.54) is 6.08 Å². The van der Waals surface area contributed by atoms with Gasteiger partial charge in [-0.1, -0.05) is 42.5 Å². The summed E-state index contributed by atoms with van der Waals surface area (Å²) in [4.78, 5) is 38.9. The van der Waals surface area contributed by atoms with Crippen LogP contribution in [0.4, 0.5) is 10.5 Å². The molecule has 0 saturated carbocycles. The molecule has 4 rings (SSSR count). The quantitative estimate of drug-likeness (QED) is 0.377. The van der Waals surface area contributed by atoms with Crippen molar-refractivity contribution >= 4 is 45.5 Å². The van der Waals surface area contributed by atoms with E-state index in [2.05, 4.69) is 21.2 Å². The number of aryl methyl sites for hydroxylation is 2. The van der Waals surface area contributed by atoms with Gasteiger partial charge in [0.25, 0.3) is 11.8 Å². The lowest BCUT2D eigenvalue weighted by Gasteiger charge is -2.26. The molecule has 0 bridgehead atoms. The molecular weight excluding hydrogens is 484 g/mol. The summed E-state index contributed by atoms with van der Waals surface area (Å²) in [5.41, 5.74) is 3.90. The smallest absolute Gasteiger partial charge is 0.335 e. The minimum atomic E-state index is -0.767. The molecule has 166 valence electrons. The Labute approximate surface area is 200 Å². The number of anilines is 1. The van der Waals surface area contributed by atoms with Crippen molar-refractivity contribution in [3.63, 3.8) is 0 Å². The second-order valence-electron chi connectivity index (χ2n) is 7.69. The number of nitrogens with one attached hydrogen (secondary N) is 1. The minimum Gasteiger partial charge on any atom is -0.488 e. The number of barbiturate groups is 1. The largest absolute Gasteiger partial charge is 0.488 e. The maximum absolute atomic E-state index is 13.1. The molecule has 1 aliphatic rings. The van der Waals surface area contributed by atoms with Crippen LogP contribution in [0.1, 0.15) is 22.3 Å². The van der Waals surface area contributed by atoms with Crippen molar-refractivity contribution in [2.24, 2.45) is 0 Å². The zero-order chi connectivity index (χ0) is 23.5. The summed E-state index contributed by atoms with van der Waals surface area (Å²) in [5, 5.41) is 2.25. The first-order valence-corrected chi connectivity index (χ1v) is 11.1. The lowest BCUT2D eigenvalue weighted by atomic mass is 10.1. The van der Waals surface area contributed by atoms with Gasteiger partial charge in [0.2, 0.25) is 0 Å². The molecule has 1 saturated heterocycles. The lowest BCUT2D eigenvalue weighted by Crippen LogP contribution is -2.54. The van der Waals surface area contributed by atoms with Crippen molar-refractivity contribution in [2.75, 3.05) is 4.90 Å². The van der Waals surface area contributed by atoms with Gasteiger partial charge in [-0.15, -0.1) is 0 Å². The third-order valence-corrected chi connectivity index (χ3v) is 5.97. The number of hydrogen-bond acceptors (Lipinski definition) is 4. The Morgan fingerprint density at radius 1 is 0.939 bits per heavy atom. The molecule has 1 aliphatic heterocycles. The van der Waals surface area contributed by atoms with Crippen LogP contribution in [0, 0.1) is 13.8 Å². The molecule has 4 amide bonds. The maximum atomic E-state index is 13.1. The van der Waals surface area contributed by atoms with E-state index in [4.69, 9.17) is 4.74 Å². The second-order valence-corrected chi connectivity index (χ2v) is 8.54. The Kier molecular flexibility index (Phi) is 6.42. The highest BCUT2D eigenvalue weighted by atomic mass is 79.9. The molecule has 0 aliphatic carbocycles. The highest BCUT2D eigenvalue weighted by Gasteiger charge is 2.36. The Morgan fingerprint density at radius 3 is 2.39 bits per heavy atom. The number of carbonyl (C=O) groups excluding carboxylic acids is 3. The average Bonchev–Trinajstić information content (AvgIpc) is 2.79. The van der Waals surface area contributed by atoms with E-state index >= 15 is 0 Å². The van der Waals surface area contributed by atoms with E-state index in [0.717, 1.165) is 21.6 Å². The monoisotopic (exact) mass is 504 g/mol. The van der Waals surface area contributed by atoms with E-state index < -0.39 is 17.8 Å². The van der Waals surface area contributed by atoms with Gasteiger partial charge in [-0.05, 0) is 82.4 Å². The van der Waals surface area contributed by atoms with E-state index in [-0.39, 0.29) is 5.57 Å². The summed E-state index contributed by atoms with van der Waals surface area (Å²) < 4.78 is 6.53. The zero-order valence-corrected chi connectivity index (χ0v) is 19.7. The molecule has 3 aromatic rings. The Balaban J connectivity index is 1.58. The van der Waals surface area contributed by atoms with Crippen LogP contribution < -0.4 is 15.0 Å². The summed E-state index contributed by atoms with van der Waals surface area (Å²) in [6.45, 7) is 4.25. The highest BCUT2D eigenvalue weighted by Crippen LogP contribution is 2.29. The number of benzene rings is 3. The third kappa shape index (κ3) is 4.88. The Bertz CT molecular complexity index is 1280. The molecule has 0 unspecified atom stereocenters. The van der Waals surface area contributed by atoms with Crippen molar-refractivity contribution < 1.29 is 19.1 Å². The molecule has 7 heteroatoms. The van der Waals surface area contributed by atoms with Crippen LogP contribution in [0.15, 0.2) is 76.8 Å². The van der Waals surface area contributed by atoms with Crippen LogP contribution in [0.2, 0.25) is 0 Å². The van der Waals surface area contributed by atoms with Gasteiger partial charge in [-0.25, -0.2) is 9.69 Å². The number of carbonyl (C=O) groups is 3. The van der Waals surface area contributed by atoms with Gasteiger partial charge in [0.1, 0.15) is 17.9 Å². The van der Waals surface area contributed by atoms with E-state index in [0.29, 0.717) is 28.1 Å². The molecule has 6 nitrogen and oxygen atoms in total. The normalized spacial score (nSPS) is 15.1. The number of hydrogen-bond donors (Lipinski definition) is 1. The number of imide groups is 2. The summed E-state index contributed by atoms with van der Waals surface area (Å²) >= 11 is 3.48. The highest BCUT2D eigenvalue weighted by molar-refractivity contribution is 9.10. The van der Waals surface area contributed by atoms with Gasteiger partial charge in [0.15, 0.2) is 0 Å². The van der Waals surface area contributed by atoms with Crippen LogP contribution in [-0.2, 0) is 16.2 Å². The Morgan fingerprint density at radius 2 is 1.70 bits per heavy atom. The molecule has 3 aromatic carbocycles. The van der Waals surface area contributed by atoms with Crippen molar-refractivity contribution in [2.45, 2.75) is 20.5 Å². The van der Waals surface area contributed by atoms with E-state index in [1.54, 1.807) is 30.3 Å². The minimum absolute atomic E-state index is 0.127. The van der Waals surface area contributed by atoms with E-state index in [9.17, 15) is 14.4 Å². The summed E-state index contributed by atoms with van der Waals surface area (Å²) in [7, 11) is 0. The van der Waals surface area contributed by atoms with Crippen LogP contribution in [0.5, 0.6) is 5.75 Å². The van der Waals surface area contributed by atoms with Crippen molar-refractivity contribution in [1.29, 1.82) is 0 Å². The average molecular weight is 505 g/mol. The fourth-order valence-corrected chi connectivity index (χ4v) is 3.89. The van der Waals surface area contributed by atoms with Crippen LogP contribution in [0.3, 0.4) is 0 Å². The molecule has 0 spiro atoms. The first-order valence-electron chi connectivity index (χ1n) is 10.3. The number of urea groups is 1. The van der Waals surface area contributed by atoms with Crippen LogP contribution in [0.25, 0.3) is 6.08 Å². The predicted octanol–water partition coefficient (Wildman–Crippen LogP) is 5.31. The van der Waals surface area contributed by atoms with Crippen LogP contribution in [-0.4, -0.2) is 17.8 Å². The fraction of sp³-hybridized carbons (Fsp3) is 0.115.